The Morgan fingerprint density at radius 2 is 1.72 bits per heavy atom. The van der Waals surface area contributed by atoms with E-state index in [2.05, 4.69) is 9.97 Å². The number of rotatable bonds is 5. The lowest BCUT2D eigenvalue weighted by atomic mass is 10.1. The highest BCUT2D eigenvalue weighted by molar-refractivity contribution is 5.17. The van der Waals surface area contributed by atoms with Gasteiger partial charge in [-0.2, -0.15) is 13.2 Å². The average Bonchev–Trinajstić information content (AvgIpc) is 2.27. The molecule has 0 N–H and O–H groups in total. The highest BCUT2D eigenvalue weighted by Gasteiger charge is 2.37. The van der Waals surface area contributed by atoms with Gasteiger partial charge in [-0.3, -0.25) is 0 Å². The van der Waals surface area contributed by atoms with Crippen molar-refractivity contribution in [3.05, 3.63) is 23.0 Å². The molecule has 2 nitrogen and oxygen atoms in total. The van der Waals surface area contributed by atoms with Gasteiger partial charge in [0.2, 0.25) is 0 Å². The van der Waals surface area contributed by atoms with Crippen molar-refractivity contribution in [3.63, 3.8) is 0 Å². The molecule has 0 aliphatic carbocycles. The zero-order valence-corrected chi connectivity index (χ0v) is 10.4. The summed E-state index contributed by atoms with van der Waals surface area (Å²) in [5.74, 6) is -1.38. The molecule has 0 atom stereocenters. The third-order valence-electron chi connectivity index (χ3n) is 2.57. The second-order valence-electron chi connectivity index (χ2n) is 4.19. The average molecular weight is 264 g/mol. The summed E-state index contributed by atoms with van der Waals surface area (Å²) in [5, 5.41) is 0. The maximum atomic E-state index is 13.6. The first-order chi connectivity index (χ1) is 8.36. The molecule has 6 heteroatoms. The van der Waals surface area contributed by atoms with Crippen LogP contribution >= 0.6 is 0 Å². The molecule has 0 saturated carbocycles. The topological polar surface area (TPSA) is 25.8 Å². The molecule has 0 fully saturated rings. The van der Waals surface area contributed by atoms with Crippen molar-refractivity contribution in [2.45, 2.75) is 52.1 Å². The van der Waals surface area contributed by atoms with Crippen LogP contribution in [0.1, 0.15) is 49.8 Å². The predicted octanol–water partition coefficient (Wildman–Crippen LogP) is 4.07. The molecule has 0 bridgehead atoms. The minimum Gasteiger partial charge on any atom is -0.235 e. The maximum Gasteiger partial charge on any atom is 0.436 e. The van der Waals surface area contributed by atoms with Crippen LogP contribution in [-0.4, -0.2) is 9.97 Å². The summed E-state index contributed by atoms with van der Waals surface area (Å²) < 4.78 is 51.2. The summed E-state index contributed by atoms with van der Waals surface area (Å²) in [4.78, 5) is 6.90. The Kier molecular flexibility index (Phi) is 5.04. The Morgan fingerprint density at radius 1 is 1.06 bits per heavy atom. The molecule has 102 valence electrons. The first-order valence-electron chi connectivity index (χ1n) is 5.96. The molecular formula is C12H16F4N2. The first-order valence-corrected chi connectivity index (χ1v) is 5.96. The van der Waals surface area contributed by atoms with E-state index in [9.17, 15) is 17.6 Å². The van der Waals surface area contributed by atoms with Gasteiger partial charge in [0.25, 0.3) is 0 Å². The molecule has 0 saturated heterocycles. The van der Waals surface area contributed by atoms with Gasteiger partial charge in [0.05, 0.1) is 5.69 Å². The Labute approximate surface area is 103 Å². The van der Waals surface area contributed by atoms with Gasteiger partial charge in [-0.15, -0.1) is 0 Å². The standard InChI is InChI=1S/C12H16F4N2/c1-3-4-5-6-7-9-10(13)11(12(14,15)16)18-8(2)17-9/h3-7H2,1-2H3. The molecule has 0 aromatic carbocycles. The fourth-order valence-electron chi connectivity index (χ4n) is 1.69. The summed E-state index contributed by atoms with van der Waals surface area (Å²) >= 11 is 0. The quantitative estimate of drug-likeness (QED) is 0.592. The highest BCUT2D eigenvalue weighted by Crippen LogP contribution is 2.30. The predicted molar refractivity (Wildman–Crippen MR) is 59.6 cm³/mol. The van der Waals surface area contributed by atoms with Crippen molar-refractivity contribution in [1.29, 1.82) is 0 Å². The molecule has 1 heterocycles. The molecule has 0 radical (unpaired) electrons. The third kappa shape index (κ3) is 3.92. The van der Waals surface area contributed by atoms with Gasteiger partial charge < -0.3 is 0 Å². The van der Waals surface area contributed by atoms with Crippen molar-refractivity contribution >= 4 is 0 Å². The first kappa shape index (κ1) is 14.9. The lowest BCUT2D eigenvalue weighted by molar-refractivity contribution is -0.144. The van der Waals surface area contributed by atoms with E-state index in [-0.39, 0.29) is 17.9 Å². The van der Waals surface area contributed by atoms with Crippen LogP contribution < -0.4 is 0 Å². The van der Waals surface area contributed by atoms with Crippen LogP contribution in [0.2, 0.25) is 0 Å². The smallest absolute Gasteiger partial charge is 0.235 e. The largest absolute Gasteiger partial charge is 0.436 e. The summed E-state index contributed by atoms with van der Waals surface area (Å²) in [6.45, 7) is 3.36. The monoisotopic (exact) mass is 264 g/mol. The molecule has 0 spiro atoms. The number of hydrogen-bond acceptors (Lipinski definition) is 2. The van der Waals surface area contributed by atoms with E-state index in [4.69, 9.17) is 0 Å². The van der Waals surface area contributed by atoms with E-state index in [1.165, 1.54) is 6.92 Å². The van der Waals surface area contributed by atoms with E-state index in [0.717, 1.165) is 19.3 Å². The minimum atomic E-state index is -4.77. The molecular weight excluding hydrogens is 248 g/mol. The molecule has 1 aromatic rings. The second-order valence-corrected chi connectivity index (χ2v) is 4.19. The zero-order valence-electron chi connectivity index (χ0n) is 10.4. The third-order valence-corrected chi connectivity index (χ3v) is 2.57. The van der Waals surface area contributed by atoms with Crippen LogP contribution in [0, 0.1) is 12.7 Å². The fraction of sp³-hybridized carbons (Fsp3) is 0.667. The van der Waals surface area contributed by atoms with Crippen LogP contribution in [-0.2, 0) is 12.6 Å². The van der Waals surface area contributed by atoms with Gasteiger partial charge in [0, 0.05) is 0 Å². The summed E-state index contributed by atoms with van der Waals surface area (Å²) in [6, 6.07) is 0. The van der Waals surface area contributed by atoms with Crippen LogP contribution in [0.25, 0.3) is 0 Å². The molecule has 0 amide bonds. The number of alkyl halides is 3. The number of hydrogen-bond donors (Lipinski definition) is 0. The minimum absolute atomic E-state index is 0.0470. The number of aromatic nitrogens is 2. The number of unbranched alkanes of at least 4 members (excludes halogenated alkanes) is 3. The van der Waals surface area contributed by atoms with Crippen molar-refractivity contribution in [3.8, 4) is 0 Å². The van der Waals surface area contributed by atoms with E-state index < -0.39 is 17.7 Å². The van der Waals surface area contributed by atoms with Gasteiger partial charge in [0.1, 0.15) is 5.82 Å². The van der Waals surface area contributed by atoms with Crippen molar-refractivity contribution < 1.29 is 17.6 Å². The normalized spacial score (nSPS) is 11.9. The van der Waals surface area contributed by atoms with Crippen molar-refractivity contribution in [1.82, 2.24) is 9.97 Å². The van der Waals surface area contributed by atoms with Crippen molar-refractivity contribution in [2.24, 2.45) is 0 Å². The van der Waals surface area contributed by atoms with E-state index in [0.29, 0.717) is 6.42 Å². The summed E-state index contributed by atoms with van der Waals surface area (Å²) in [6.07, 6.45) is -1.05. The van der Waals surface area contributed by atoms with Gasteiger partial charge in [-0.05, 0) is 19.8 Å². The van der Waals surface area contributed by atoms with Gasteiger partial charge in [0.15, 0.2) is 11.5 Å². The Hall–Kier alpha value is -1.20. The van der Waals surface area contributed by atoms with Crippen LogP contribution in [0.5, 0.6) is 0 Å². The van der Waals surface area contributed by atoms with Crippen LogP contribution in [0.15, 0.2) is 0 Å². The molecule has 0 unspecified atom stereocenters. The SMILES string of the molecule is CCCCCCc1nc(C)nc(C(F)(F)F)c1F. The van der Waals surface area contributed by atoms with Gasteiger partial charge in [-0.25, -0.2) is 14.4 Å². The Morgan fingerprint density at radius 3 is 2.28 bits per heavy atom. The van der Waals surface area contributed by atoms with Gasteiger partial charge in [-0.1, -0.05) is 26.2 Å². The van der Waals surface area contributed by atoms with E-state index in [1.807, 2.05) is 6.92 Å². The van der Waals surface area contributed by atoms with Crippen LogP contribution in [0.4, 0.5) is 17.6 Å². The van der Waals surface area contributed by atoms with Gasteiger partial charge >= 0.3 is 6.18 Å². The summed E-state index contributed by atoms with van der Waals surface area (Å²) in [5.41, 5.74) is -1.59. The van der Waals surface area contributed by atoms with Crippen LogP contribution in [0.3, 0.4) is 0 Å². The zero-order chi connectivity index (χ0) is 13.8. The van der Waals surface area contributed by atoms with E-state index >= 15 is 0 Å². The van der Waals surface area contributed by atoms with Crippen molar-refractivity contribution in [2.75, 3.05) is 0 Å². The number of nitrogens with zero attached hydrogens (tertiary/aromatic N) is 2. The lowest BCUT2D eigenvalue weighted by Crippen LogP contribution is -2.15. The lowest BCUT2D eigenvalue weighted by Gasteiger charge is -2.10. The Bertz CT molecular complexity index is 402. The second kappa shape index (κ2) is 6.11. The molecule has 18 heavy (non-hydrogen) atoms. The Balaban J connectivity index is 2.88. The number of halogens is 4. The molecule has 1 aromatic heterocycles. The fourth-order valence-corrected chi connectivity index (χ4v) is 1.69. The maximum absolute atomic E-state index is 13.6. The van der Waals surface area contributed by atoms with E-state index in [1.54, 1.807) is 0 Å². The molecule has 1 rings (SSSR count). The number of aryl methyl sites for hydroxylation is 2. The molecule has 0 aliphatic heterocycles. The summed E-state index contributed by atoms with van der Waals surface area (Å²) in [7, 11) is 0. The molecule has 0 aliphatic rings. The highest BCUT2D eigenvalue weighted by atomic mass is 19.4.